The Morgan fingerprint density at radius 3 is 2.68 bits per heavy atom. The number of benzene rings is 1. The molecule has 0 radical (unpaired) electrons. The van der Waals surface area contributed by atoms with E-state index in [1.54, 1.807) is 0 Å². The number of aliphatic carboxylic acids is 1. The molecule has 1 saturated carbocycles. The first kappa shape index (κ1) is 21.6. The molecular formula is C24H32N4O3. The second-order valence-corrected chi connectivity index (χ2v) is 9.31. The largest absolute Gasteiger partial charge is 0.481 e. The minimum absolute atomic E-state index is 0.0631. The zero-order chi connectivity index (χ0) is 22.0. The summed E-state index contributed by atoms with van der Waals surface area (Å²) in [7, 11) is 2.05. The van der Waals surface area contributed by atoms with E-state index < -0.39 is 5.97 Å². The summed E-state index contributed by atoms with van der Waals surface area (Å²) in [5.74, 6) is -0.428. The van der Waals surface area contributed by atoms with Gasteiger partial charge in [-0.15, -0.1) is 0 Å². The average molecular weight is 425 g/mol. The number of fused-ring (bicyclic) bond motifs is 1. The topological polar surface area (TPSA) is 87.9 Å². The van der Waals surface area contributed by atoms with Gasteiger partial charge in [-0.25, -0.2) is 4.79 Å². The zero-order valence-electron chi connectivity index (χ0n) is 18.3. The van der Waals surface area contributed by atoms with Crippen LogP contribution in [0.25, 0.3) is 0 Å². The molecule has 1 saturated heterocycles. The Morgan fingerprint density at radius 1 is 1.19 bits per heavy atom. The zero-order valence-corrected chi connectivity index (χ0v) is 18.3. The summed E-state index contributed by atoms with van der Waals surface area (Å²) in [6.45, 7) is 3.06. The summed E-state index contributed by atoms with van der Waals surface area (Å²) in [6.07, 6.45) is 5.81. The molecule has 7 heteroatoms. The van der Waals surface area contributed by atoms with Gasteiger partial charge < -0.3 is 14.9 Å². The van der Waals surface area contributed by atoms with Crippen LogP contribution >= 0.6 is 0 Å². The molecule has 1 aromatic rings. The van der Waals surface area contributed by atoms with Crippen LogP contribution in [0.1, 0.15) is 55.6 Å². The van der Waals surface area contributed by atoms with E-state index in [-0.39, 0.29) is 24.4 Å². The Labute approximate surface area is 184 Å². The van der Waals surface area contributed by atoms with Gasteiger partial charge in [0.05, 0.1) is 12.0 Å². The number of hydrogen-bond acceptors (Lipinski definition) is 4. The highest BCUT2D eigenvalue weighted by Crippen LogP contribution is 2.34. The van der Waals surface area contributed by atoms with Gasteiger partial charge in [-0.05, 0) is 74.8 Å². The fourth-order valence-corrected chi connectivity index (χ4v) is 5.43. The minimum Gasteiger partial charge on any atom is -0.481 e. The predicted octanol–water partition coefficient (Wildman–Crippen LogP) is 3.45. The standard InChI is InChI=1S/C24H32N4O3/c1-26-11-10-18-5-8-21(14-22(18)19(15-25)16-26)28-13-12-27(24(28)31)20-6-2-17(3-7-20)4-9-23(29)30/h5,8,14,17,19-20H,2-4,6-7,9-13,16H2,1H3,(H,29,30). The highest BCUT2D eigenvalue weighted by atomic mass is 16.4. The fourth-order valence-electron chi connectivity index (χ4n) is 5.43. The Balaban J connectivity index is 1.42. The molecule has 2 amide bonds. The number of nitrogens with zero attached hydrogens (tertiary/aromatic N) is 4. The normalized spacial score (nSPS) is 27.0. The molecule has 1 aromatic carbocycles. The lowest BCUT2D eigenvalue weighted by atomic mass is 9.83. The van der Waals surface area contributed by atoms with Crippen molar-refractivity contribution in [1.82, 2.24) is 9.80 Å². The third kappa shape index (κ3) is 4.69. The van der Waals surface area contributed by atoms with Gasteiger partial charge >= 0.3 is 12.0 Å². The van der Waals surface area contributed by atoms with Gasteiger partial charge in [0, 0.05) is 44.3 Å². The van der Waals surface area contributed by atoms with E-state index in [1.165, 1.54) is 5.56 Å². The van der Waals surface area contributed by atoms with Crippen molar-refractivity contribution in [1.29, 1.82) is 5.26 Å². The molecule has 2 aliphatic heterocycles. The van der Waals surface area contributed by atoms with Crippen LogP contribution in [0.15, 0.2) is 18.2 Å². The first-order chi connectivity index (χ1) is 15.0. The van der Waals surface area contributed by atoms with Gasteiger partial charge in [-0.1, -0.05) is 6.07 Å². The Kier molecular flexibility index (Phi) is 6.47. The van der Waals surface area contributed by atoms with Crippen molar-refractivity contribution in [3.05, 3.63) is 29.3 Å². The van der Waals surface area contributed by atoms with Crippen LogP contribution < -0.4 is 4.90 Å². The molecule has 4 rings (SSSR count). The Bertz CT molecular complexity index is 872. The predicted molar refractivity (Wildman–Crippen MR) is 118 cm³/mol. The van der Waals surface area contributed by atoms with Gasteiger partial charge in [0.15, 0.2) is 0 Å². The summed E-state index contributed by atoms with van der Waals surface area (Å²) in [6, 6.07) is 8.95. The maximum Gasteiger partial charge on any atom is 0.324 e. The van der Waals surface area contributed by atoms with Crippen molar-refractivity contribution in [2.24, 2.45) is 5.92 Å². The van der Waals surface area contributed by atoms with Crippen molar-refractivity contribution >= 4 is 17.7 Å². The van der Waals surface area contributed by atoms with Crippen LogP contribution in [0.3, 0.4) is 0 Å². The molecule has 0 bridgehead atoms. The summed E-state index contributed by atoms with van der Waals surface area (Å²) in [5, 5.41) is 18.6. The van der Waals surface area contributed by atoms with Crippen molar-refractivity contribution in [3.8, 4) is 6.07 Å². The average Bonchev–Trinajstić information content (AvgIpc) is 3.07. The number of carboxylic acids is 1. The molecule has 0 aromatic heterocycles. The van der Waals surface area contributed by atoms with E-state index in [2.05, 4.69) is 30.1 Å². The Morgan fingerprint density at radius 2 is 1.97 bits per heavy atom. The van der Waals surface area contributed by atoms with E-state index in [4.69, 9.17) is 5.11 Å². The number of hydrogen-bond donors (Lipinski definition) is 1. The van der Waals surface area contributed by atoms with Gasteiger partial charge in [0.2, 0.25) is 0 Å². The van der Waals surface area contributed by atoms with Crippen LogP contribution in [-0.2, 0) is 11.2 Å². The molecule has 1 atom stereocenters. The first-order valence-corrected chi connectivity index (χ1v) is 11.5. The number of rotatable bonds is 5. The summed E-state index contributed by atoms with van der Waals surface area (Å²) < 4.78 is 0. The summed E-state index contributed by atoms with van der Waals surface area (Å²) in [4.78, 5) is 30.1. The number of anilines is 1. The van der Waals surface area contributed by atoms with Crippen molar-refractivity contribution < 1.29 is 14.7 Å². The summed E-state index contributed by atoms with van der Waals surface area (Å²) >= 11 is 0. The van der Waals surface area contributed by atoms with Crippen LogP contribution in [0, 0.1) is 17.2 Å². The monoisotopic (exact) mass is 424 g/mol. The molecule has 3 aliphatic rings. The number of likely N-dealkylation sites (N-methyl/N-ethyl adjacent to an activating group) is 1. The van der Waals surface area contributed by atoms with E-state index in [0.29, 0.717) is 12.5 Å². The first-order valence-electron chi connectivity index (χ1n) is 11.5. The van der Waals surface area contributed by atoms with E-state index in [0.717, 1.165) is 69.4 Å². The minimum atomic E-state index is -0.724. The fraction of sp³-hybridized carbons (Fsp3) is 0.625. The second-order valence-electron chi connectivity index (χ2n) is 9.31. The van der Waals surface area contributed by atoms with Crippen molar-refractivity contribution in [2.45, 2.75) is 56.9 Å². The lowest BCUT2D eigenvalue weighted by Gasteiger charge is -2.34. The van der Waals surface area contributed by atoms with Crippen LogP contribution in [0.5, 0.6) is 0 Å². The van der Waals surface area contributed by atoms with Gasteiger partial charge in [-0.3, -0.25) is 9.69 Å². The molecule has 1 unspecified atom stereocenters. The number of nitriles is 1. The molecule has 7 nitrogen and oxygen atoms in total. The van der Waals surface area contributed by atoms with Gasteiger partial charge in [-0.2, -0.15) is 5.26 Å². The van der Waals surface area contributed by atoms with Crippen molar-refractivity contribution in [3.63, 3.8) is 0 Å². The molecule has 1 N–H and O–H groups in total. The second kappa shape index (κ2) is 9.27. The number of carbonyl (C=O) groups excluding carboxylic acids is 1. The Hall–Kier alpha value is -2.59. The summed E-state index contributed by atoms with van der Waals surface area (Å²) in [5.41, 5.74) is 3.17. The van der Waals surface area contributed by atoms with Crippen LogP contribution in [0.2, 0.25) is 0 Å². The lowest BCUT2D eigenvalue weighted by molar-refractivity contribution is -0.137. The third-order valence-corrected chi connectivity index (χ3v) is 7.29. The number of carboxylic acid groups (broad SMARTS) is 1. The molecule has 2 fully saturated rings. The van der Waals surface area contributed by atoms with Gasteiger partial charge in [0.1, 0.15) is 0 Å². The lowest BCUT2D eigenvalue weighted by Crippen LogP contribution is -2.41. The van der Waals surface area contributed by atoms with Crippen molar-refractivity contribution in [2.75, 3.05) is 38.1 Å². The number of carbonyl (C=O) groups is 2. The van der Waals surface area contributed by atoms with E-state index in [1.807, 2.05) is 15.9 Å². The molecular weight excluding hydrogens is 392 g/mol. The number of amides is 2. The third-order valence-electron chi connectivity index (χ3n) is 7.29. The number of urea groups is 1. The SMILES string of the molecule is CN1CCc2ccc(N3CCN(C4CCC(CCC(=O)O)CC4)C3=O)cc2C(C#N)C1. The molecule has 2 heterocycles. The highest BCUT2D eigenvalue weighted by Gasteiger charge is 2.36. The molecule has 0 spiro atoms. The van der Waals surface area contributed by atoms with Gasteiger partial charge in [0.25, 0.3) is 0 Å². The molecule has 1 aliphatic carbocycles. The van der Waals surface area contributed by atoms with E-state index >= 15 is 0 Å². The maximum absolute atomic E-state index is 13.2. The van der Waals surface area contributed by atoms with E-state index in [9.17, 15) is 14.9 Å². The smallest absolute Gasteiger partial charge is 0.324 e. The molecule has 166 valence electrons. The maximum atomic E-state index is 13.2. The van der Waals surface area contributed by atoms with Crippen LogP contribution in [-0.4, -0.2) is 66.2 Å². The molecule has 31 heavy (non-hydrogen) atoms. The highest BCUT2D eigenvalue weighted by molar-refractivity contribution is 5.94. The van der Waals surface area contributed by atoms with Crippen LogP contribution in [0.4, 0.5) is 10.5 Å². The quantitative estimate of drug-likeness (QED) is 0.782.